The summed E-state index contributed by atoms with van der Waals surface area (Å²) in [4.78, 5) is 0. The summed E-state index contributed by atoms with van der Waals surface area (Å²) in [6.07, 6.45) is 2.39. The first-order chi connectivity index (χ1) is 7.94. The van der Waals surface area contributed by atoms with Crippen molar-refractivity contribution in [2.45, 2.75) is 90.8 Å². The average molecular weight is 289 g/mol. The van der Waals surface area contributed by atoms with Crippen molar-refractivity contribution in [2.24, 2.45) is 5.92 Å². The largest absolute Gasteiger partial charge is 0.415 e. The maximum Gasteiger partial charge on any atom is 0.177 e. The van der Waals surface area contributed by atoms with E-state index in [0.717, 1.165) is 6.42 Å². The molecule has 0 spiro atoms. The Morgan fingerprint density at radius 1 is 1.06 bits per heavy atom. The van der Waals surface area contributed by atoms with Gasteiger partial charge < -0.3 is 4.43 Å². The first-order valence-electron chi connectivity index (χ1n) is 7.62. The highest BCUT2D eigenvalue weighted by Crippen LogP contribution is 2.45. The maximum atomic E-state index is 6.70. The molecule has 0 aromatic carbocycles. The standard InChI is InChI=1S/C15H36OSi2/c1-11-14(5,13(3)4)16-17(7)15(6,12-2)18(8,9)10/h13,17H,11-12H2,1-10H3. The van der Waals surface area contributed by atoms with Gasteiger partial charge in [-0.15, -0.1) is 0 Å². The van der Waals surface area contributed by atoms with Gasteiger partial charge in [-0.25, -0.2) is 0 Å². The fourth-order valence-corrected chi connectivity index (χ4v) is 10.8. The van der Waals surface area contributed by atoms with Crippen molar-refractivity contribution < 1.29 is 4.43 Å². The summed E-state index contributed by atoms with van der Waals surface area (Å²) in [5.41, 5.74) is 0.0711. The second-order valence-corrected chi connectivity index (χ2v) is 16.6. The van der Waals surface area contributed by atoms with Gasteiger partial charge in [0.25, 0.3) is 0 Å². The third kappa shape index (κ3) is 3.70. The van der Waals surface area contributed by atoms with Gasteiger partial charge in [-0.05, 0) is 30.5 Å². The van der Waals surface area contributed by atoms with E-state index in [-0.39, 0.29) is 5.60 Å². The Hall–Kier alpha value is 0.394. The van der Waals surface area contributed by atoms with Gasteiger partial charge >= 0.3 is 0 Å². The minimum Gasteiger partial charge on any atom is -0.415 e. The molecule has 3 heteroatoms. The Labute approximate surface area is 118 Å². The molecule has 0 saturated carbocycles. The van der Waals surface area contributed by atoms with E-state index >= 15 is 0 Å². The van der Waals surface area contributed by atoms with Crippen LogP contribution in [0.1, 0.15) is 54.4 Å². The molecule has 0 heterocycles. The Bertz CT molecular complexity index is 260. The van der Waals surface area contributed by atoms with E-state index in [1.807, 2.05) is 0 Å². The van der Waals surface area contributed by atoms with Crippen LogP contribution >= 0.6 is 0 Å². The van der Waals surface area contributed by atoms with Gasteiger partial charge in [-0.1, -0.05) is 60.7 Å². The molecule has 0 radical (unpaired) electrons. The zero-order valence-electron chi connectivity index (χ0n) is 14.5. The van der Waals surface area contributed by atoms with Crippen molar-refractivity contribution in [1.29, 1.82) is 0 Å². The molecule has 0 rings (SSSR count). The Morgan fingerprint density at radius 2 is 1.50 bits per heavy atom. The molecule has 0 aliphatic rings. The van der Waals surface area contributed by atoms with Gasteiger partial charge in [-0.3, -0.25) is 0 Å². The van der Waals surface area contributed by atoms with Crippen LogP contribution in [-0.4, -0.2) is 22.7 Å². The van der Waals surface area contributed by atoms with E-state index < -0.39 is 17.1 Å². The number of hydrogen-bond donors (Lipinski definition) is 0. The lowest BCUT2D eigenvalue weighted by Gasteiger charge is -2.47. The summed E-state index contributed by atoms with van der Waals surface area (Å²) in [7, 11) is -2.38. The van der Waals surface area contributed by atoms with Crippen LogP contribution in [0.25, 0.3) is 0 Å². The molecule has 0 amide bonds. The monoisotopic (exact) mass is 288 g/mol. The topological polar surface area (TPSA) is 9.23 Å². The van der Waals surface area contributed by atoms with E-state index in [2.05, 4.69) is 67.7 Å². The minimum atomic E-state index is -1.19. The molecule has 1 nitrogen and oxygen atoms in total. The van der Waals surface area contributed by atoms with Gasteiger partial charge in [0.05, 0.1) is 5.60 Å². The molecule has 0 N–H and O–H groups in total. The van der Waals surface area contributed by atoms with E-state index in [1.54, 1.807) is 0 Å². The molecule has 0 bridgehead atoms. The van der Waals surface area contributed by atoms with Gasteiger partial charge in [0.2, 0.25) is 0 Å². The third-order valence-electron chi connectivity index (χ3n) is 5.71. The van der Waals surface area contributed by atoms with Gasteiger partial charge in [-0.2, -0.15) is 0 Å². The highest BCUT2D eigenvalue weighted by molar-refractivity contribution is 6.90. The first-order valence-corrected chi connectivity index (χ1v) is 13.3. The van der Waals surface area contributed by atoms with Crippen LogP contribution in [0.15, 0.2) is 0 Å². The molecule has 3 atom stereocenters. The quantitative estimate of drug-likeness (QED) is 0.583. The van der Waals surface area contributed by atoms with Crippen LogP contribution in [0.5, 0.6) is 0 Å². The summed E-state index contributed by atoms with van der Waals surface area (Å²) < 4.78 is 7.19. The normalized spacial score (nSPS) is 21.5. The van der Waals surface area contributed by atoms with E-state index in [4.69, 9.17) is 4.43 Å². The minimum absolute atomic E-state index is 0.0711. The van der Waals surface area contributed by atoms with Crippen molar-refractivity contribution in [2.75, 3.05) is 0 Å². The summed E-state index contributed by atoms with van der Waals surface area (Å²) in [6.45, 7) is 23.9. The van der Waals surface area contributed by atoms with Crippen molar-refractivity contribution >= 4 is 17.1 Å². The molecule has 0 aliphatic carbocycles. The third-order valence-corrected chi connectivity index (χ3v) is 16.4. The predicted molar refractivity (Wildman–Crippen MR) is 89.6 cm³/mol. The molecular formula is C15H36OSi2. The summed E-state index contributed by atoms with van der Waals surface area (Å²) in [5, 5.41) is 0. The molecule has 0 fully saturated rings. The fraction of sp³-hybridized carbons (Fsp3) is 1.00. The smallest absolute Gasteiger partial charge is 0.177 e. The lowest BCUT2D eigenvalue weighted by atomic mass is 9.90. The SMILES string of the molecule is CCC(C)(O[SiH](C)C(C)(CC)[Si](C)(C)C)C(C)C. The molecule has 110 valence electrons. The zero-order valence-corrected chi connectivity index (χ0v) is 16.6. The second kappa shape index (κ2) is 6.23. The van der Waals surface area contributed by atoms with Crippen molar-refractivity contribution in [3.8, 4) is 0 Å². The second-order valence-electron chi connectivity index (χ2n) is 7.60. The molecule has 0 saturated heterocycles. The van der Waals surface area contributed by atoms with Crippen LogP contribution in [-0.2, 0) is 4.43 Å². The Morgan fingerprint density at radius 3 is 1.72 bits per heavy atom. The number of hydrogen-bond acceptors (Lipinski definition) is 1. The summed E-state index contributed by atoms with van der Waals surface area (Å²) in [5.74, 6) is 0.597. The molecule has 18 heavy (non-hydrogen) atoms. The predicted octanol–water partition coefficient (Wildman–Crippen LogP) is 5.23. The molecule has 0 aromatic heterocycles. The van der Waals surface area contributed by atoms with E-state index in [9.17, 15) is 0 Å². The Kier molecular flexibility index (Phi) is 6.37. The lowest BCUT2D eigenvalue weighted by molar-refractivity contribution is 0.0310. The van der Waals surface area contributed by atoms with E-state index in [1.165, 1.54) is 6.42 Å². The average Bonchev–Trinajstić information content (AvgIpc) is 2.25. The van der Waals surface area contributed by atoms with Crippen LogP contribution in [0.3, 0.4) is 0 Å². The number of rotatable bonds is 7. The first kappa shape index (κ1) is 18.4. The van der Waals surface area contributed by atoms with Crippen LogP contribution in [0.2, 0.25) is 30.8 Å². The highest BCUT2D eigenvalue weighted by atomic mass is 28.4. The summed E-state index contributed by atoms with van der Waals surface area (Å²) in [6, 6.07) is 0. The fourth-order valence-electron chi connectivity index (χ4n) is 2.59. The molecular weight excluding hydrogens is 252 g/mol. The Balaban J connectivity index is 5.10. The van der Waals surface area contributed by atoms with Gasteiger partial charge in [0, 0.05) is 8.07 Å². The van der Waals surface area contributed by atoms with Crippen LogP contribution in [0, 0.1) is 5.92 Å². The van der Waals surface area contributed by atoms with Crippen LogP contribution in [0.4, 0.5) is 0 Å². The maximum absolute atomic E-state index is 6.70. The van der Waals surface area contributed by atoms with Crippen molar-refractivity contribution in [1.82, 2.24) is 0 Å². The molecule has 0 aromatic rings. The zero-order chi connectivity index (χ0) is 14.8. The van der Waals surface area contributed by atoms with E-state index in [0.29, 0.717) is 10.6 Å². The summed E-state index contributed by atoms with van der Waals surface area (Å²) >= 11 is 0. The van der Waals surface area contributed by atoms with Crippen LogP contribution < -0.4 is 0 Å². The lowest BCUT2D eigenvalue weighted by Crippen LogP contribution is -2.52. The molecule has 0 aliphatic heterocycles. The van der Waals surface area contributed by atoms with Crippen molar-refractivity contribution in [3.05, 3.63) is 0 Å². The highest BCUT2D eigenvalue weighted by Gasteiger charge is 2.46. The van der Waals surface area contributed by atoms with Gasteiger partial charge in [0.1, 0.15) is 0 Å². The van der Waals surface area contributed by atoms with Gasteiger partial charge in [0.15, 0.2) is 9.04 Å². The molecule has 3 unspecified atom stereocenters. The van der Waals surface area contributed by atoms with Crippen molar-refractivity contribution in [3.63, 3.8) is 0 Å².